The van der Waals surface area contributed by atoms with Gasteiger partial charge in [-0.3, -0.25) is 14.5 Å². The topological polar surface area (TPSA) is 87.9 Å². The van der Waals surface area contributed by atoms with Crippen molar-refractivity contribution in [2.75, 3.05) is 52.5 Å². The molecular weight excluding hydrogens is 296 g/mol. The van der Waals surface area contributed by atoms with Crippen LogP contribution in [0.4, 0.5) is 0 Å². The maximum Gasteiger partial charge on any atom is 0.225 e. The molecule has 0 radical (unpaired) electrons. The number of hydrogen-bond acceptors (Lipinski definition) is 5. The monoisotopic (exact) mass is 324 g/mol. The van der Waals surface area contributed by atoms with Gasteiger partial charge in [-0.2, -0.15) is 0 Å². The molecule has 1 saturated carbocycles. The Morgan fingerprint density at radius 3 is 2.74 bits per heavy atom. The first-order valence-corrected chi connectivity index (χ1v) is 8.74. The van der Waals surface area contributed by atoms with Crippen molar-refractivity contribution in [3.63, 3.8) is 0 Å². The normalized spacial score (nSPS) is 27.3. The molecule has 2 amide bonds. The third-order valence-electron chi connectivity index (χ3n) is 5.11. The van der Waals surface area contributed by atoms with Crippen LogP contribution in [-0.2, 0) is 14.3 Å². The number of nitrogens with two attached hydrogens (primary N) is 1. The van der Waals surface area contributed by atoms with Crippen LogP contribution in [0, 0.1) is 11.8 Å². The van der Waals surface area contributed by atoms with Crippen LogP contribution in [0.1, 0.15) is 19.3 Å². The van der Waals surface area contributed by atoms with E-state index in [4.69, 9.17) is 10.5 Å². The summed E-state index contributed by atoms with van der Waals surface area (Å²) in [7, 11) is 0. The molecule has 1 aliphatic carbocycles. The minimum absolute atomic E-state index is 0.0247. The zero-order valence-electron chi connectivity index (χ0n) is 13.7. The van der Waals surface area contributed by atoms with Crippen LogP contribution in [0.25, 0.3) is 0 Å². The quantitative estimate of drug-likeness (QED) is 0.628. The van der Waals surface area contributed by atoms with Crippen molar-refractivity contribution in [3.05, 3.63) is 0 Å². The molecule has 0 aromatic rings. The smallest absolute Gasteiger partial charge is 0.225 e. The summed E-state index contributed by atoms with van der Waals surface area (Å²) in [6.07, 6.45) is 2.68. The van der Waals surface area contributed by atoms with Crippen LogP contribution in [0.2, 0.25) is 0 Å². The van der Waals surface area contributed by atoms with E-state index in [-0.39, 0.29) is 23.8 Å². The third-order valence-corrected chi connectivity index (χ3v) is 5.11. The van der Waals surface area contributed by atoms with Crippen molar-refractivity contribution in [2.45, 2.75) is 25.3 Å². The Balaban J connectivity index is 1.38. The summed E-state index contributed by atoms with van der Waals surface area (Å²) in [5.74, 6) is 0.414. The van der Waals surface area contributed by atoms with E-state index in [1.165, 1.54) is 12.8 Å². The minimum Gasteiger partial charge on any atom is -0.379 e. The molecule has 2 saturated heterocycles. The van der Waals surface area contributed by atoms with E-state index in [1.54, 1.807) is 0 Å². The zero-order chi connectivity index (χ0) is 16.2. The molecule has 0 bridgehead atoms. The first-order valence-electron chi connectivity index (χ1n) is 8.74. The molecule has 3 N–H and O–H groups in total. The van der Waals surface area contributed by atoms with Gasteiger partial charge in [0.2, 0.25) is 11.8 Å². The molecule has 130 valence electrons. The minimum atomic E-state index is -0.224. The maximum atomic E-state index is 12.2. The summed E-state index contributed by atoms with van der Waals surface area (Å²) in [5, 5.41) is 2.92. The second-order valence-corrected chi connectivity index (χ2v) is 6.94. The zero-order valence-corrected chi connectivity index (χ0v) is 13.7. The number of likely N-dealkylation sites (tertiary alicyclic amines) is 1. The molecule has 2 aliphatic heterocycles. The Hall–Kier alpha value is -1.18. The predicted molar refractivity (Wildman–Crippen MR) is 85.7 cm³/mol. The highest BCUT2D eigenvalue weighted by Crippen LogP contribution is 2.31. The van der Waals surface area contributed by atoms with Crippen LogP contribution < -0.4 is 11.1 Å². The lowest BCUT2D eigenvalue weighted by molar-refractivity contribution is -0.129. The summed E-state index contributed by atoms with van der Waals surface area (Å²) < 4.78 is 5.32. The molecule has 3 rings (SSSR count). The van der Waals surface area contributed by atoms with E-state index >= 15 is 0 Å². The van der Waals surface area contributed by atoms with Gasteiger partial charge >= 0.3 is 0 Å². The van der Waals surface area contributed by atoms with Gasteiger partial charge in [0.1, 0.15) is 0 Å². The first-order chi connectivity index (χ1) is 11.1. The van der Waals surface area contributed by atoms with Crippen molar-refractivity contribution in [1.29, 1.82) is 0 Å². The van der Waals surface area contributed by atoms with Crippen molar-refractivity contribution in [3.8, 4) is 0 Å². The number of nitrogens with one attached hydrogen (secondary N) is 1. The molecular formula is C16H28N4O3. The summed E-state index contributed by atoms with van der Waals surface area (Å²) in [6, 6.07) is 0.0634. The van der Waals surface area contributed by atoms with E-state index in [0.29, 0.717) is 32.0 Å². The number of carbonyl (C=O) groups excluding carboxylic acids is 2. The third kappa shape index (κ3) is 4.65. The molecule has 2 atom stereocenters. The van der Waals surface area contributed by atoms with Crippen LogP contribution in [0.5, 0.6) is 0 Å². The number of rotatable bonds is 7. The average Bonchev–Trinajstić information content (AvgIpc) is 3.35. The molecule has 23 heavy (non-hydrogen) atoms. The van der Waals surface area contributed by atoms with Gasteiger partial charge < -0.3 is 20.7 Å². The van der Waals surface area contributed by atoms with Crippen LogP contribution >= 0.6 is 0 Å². The highest BCUT2D eigenvalue weighted by atomic mass is 16.5. The number of nitrogens with zero attached hydrogens (tertiary/aromatic N) is 2. The van der Waals surface area contributed by atoms with E-state index in [9.17, 15) is 9.59 Å². The molecule has 7 nitrogen and oxygen atoms in total. The Morgan fingerprint density at radius 1 is 1.30 bits per heavy atom. The largest absolute Gasteiger partial charge is 0.379 e. The van der Waals surface area contributed by atoms with Crippen molar-refractivity contribution in [2.24, 2.45) is 17.6 Å². The molecule has 3 aliphatic rings. The van der Waals surface area contributed by atoms with E-state index < -0.39 is 0 Å². The van der Waals surface area contributed by atoms with Crippen molar-refractivity contribution in [1.82, 2.24) is 15.1 Å². The first kappa shape index (κ1) is 16.7. The summed E-state index contributed by atoms with van der Waals surface area (Å²) >= 11 is 0. The van der Waals surface area contributed by atoms with Gasteiger partial charge in [-0.05, 0) is 18.8 Å². The van der Waals surface area contributed by atoms with Crippen LogP contribution in [-0.4, -0.2) is 80.1 Å². The molecule has 0 aromatic carbocycles. The van der Waals surface area contributed by atoms with Gasteiger partial charge in [0.15, 0.2) is 0 Å². The Morgan fingerprint density at radius 2 is 2.04 bits per heavy atom. The fourth-order valence-electron chi connectivity index (χ4n) is 3.30. The second-order valence-electron chi connectivity index (χ2n) is 6.94. The highest BCUT2D eigenvalue weighted by molar-refractivity contribution is 5.89. The molecule has 0 aromatic heterocycles. The number of ether oxygens (including phenoxy) is 1. The summed E-state index contributed by atoms with van der Waals surface area (Å²) in [6.45, 7) is 5.99. The Labute approximate surface area is 137 Å². The molecule has 2 unspecified atom stereocenters. The number of carbonyl (C=O) groups is 2. The van der Waals surface area contributed by atoms with Gasteiger partial charge in [-0.15, -0.1) is 0 Å². The standard InChI is InChI=1S/C16H28N4O3/c17-14(12-1-2-12)10-18-16(22)13-9-15(21)20(11-13)4-3-19-5-7-23-8-6-19/h12-14H,1-11,17H2,(H,18,22). The molecule has 7 heteroatoms. The van der Waals surface area contributed by atoms with E-state index in [0.717, 1.165) is 32.8 Å². The van der Waals surface area contributed by atoms with Gasteiger partial charge in [-0.25, -0.2) is 0 Å². The van der Waals surface area contributed by atoms with Gasteiger partial charge in [0.05, 0.1) is 19.1 Å². The van der Waals surface area contributed by atoms with Crippen molar-refractivity contribution < 1.29 is 14.3 Å². The van der Waals surface area contributed by atoms with Crippen LogP contribution in [0.3, 0.4) is 0 Å². The predicted octanol–water partition coefficient (Wildman–Crippen LogP) is -0.979. The molecule has 3 fully saturated rings. The Bertz CT molecular complexity index is 435. The fourth-order valence-corrected chi connectivity index (χ4v) is 3.30. The summed E-state index contributed by atoms with van der Waals surface area (Å²) in [4.78, 5) is 28.4. The summed E-state index contributed by atoms with van der Waals surface area (Å²) in [5.41, 5.74) is 6.00. The second kappa shape index (κ2) is 7.59. The Kier molecular flexibility index (Phi) is 5.50. The van der Waals surface area contributed by atoms with E-state index in [2.05, 4.69) is 10.2 Å². The fraction of sp³-hybridized carbons (Fsp3) is 0.875. The lowest BCUT2D eigenvalue weighted by Gasteiger charge is -2.28. The average molecular weight is 324 g/mol. The van der Waals surface area contributed by atoms with E-state index in [1.807, 2.05) is 4.90 Å². The molecule has 0 spiro atoms. The number of morpholine rings is 1. The van der Waals surface area contributed by atoms with Gasteiger partial charge in [0.25, 0.3) is 0 Å². The van der Waals surface area contributed by atoms with Gasteiger partial charge in [-0.1, -0.05) is 0 Å². The SMILES string of the molecule is NC(CNC(=O)C1CC(=O)N(CCN2CCOCC2)C1)C1CC1. The number of amides is 2. The molecule has 2 heterocycles. The van der Waals surface area contributed by atoms with Crippen molar-refractivity contribution >= 4 is 11.8 Å². The van der Waals surface area contributed by atoms with Gasteiger partial charge in [0, 0.05) is 51.7 Å². The lowest BCUT2D eigenvalue weighted by atomic mass is 10.1. The highest BCUT2D eigenvalue weighted by Gasteiger charge is 2.35. The number of hydrogen-bond donors (Lipinski definition) is 2. The lowest BCUT2D eigenvalue weighted by Crippen LogP contribution is -2.43. The van der Waals surface area contributed by atoms with Crippen LogP contribution in [0.15, 0.2) is 0 Å². The maximum absolute atomic E-state index is 12.2.